The first-order chi connectivity index (χ1) is 4.84. The molecule has 0 aliphatic heterocycles. The van der Waals surface area contributed by atoms with Crippen molar-refractivity contribution in [2.24, 2.45) is 0 Å². The molecule has 0 heterocycles. The summed E-state index contributed by atoms with van der Waals surface area (Å²) in [5, 5.41) is 7.94. The summed E-state index contributed by atoms with van der Waals surface area (Å²) in [5.74, 6) is -0.736. The number of hydrogen-bond donors (Lipinski definition) is 1. The summed E-state index contributed by atoms with van der Waals surface area (Å²) in [5.41, 5.74) is 0.338. The molecule has 0 unspecified atom stereocenters. The molecular formula is C7H18O9. The fraction of sp³-hybridized carbons (Fsp3) is 0. The van der Waals surface area contributed by atoms with Crippen LogP contribution < -0.4 is 0 Å². The summed E-state index contributed by atoms with van der Waals surface area (Å²) in [6.07, 6.45) is 0. The van der Waals surface area contributed by atoms with Crippen molar-refractivity contribution in [1.29, 1.82) is 0 Å². The van der Waals surface area contributed by atoms with Gasteiger partial charge in [0.15, 0.2) is 0 Å². The van der Waals surface area contributed by atoms with Gasteiger partial charge in [0.2, 0.25) is 0 Å². The molecule has 16 heavy (non-hydrogen) atoms. The lowest BCUT2D eigenvalue weighted by atomic mass is 10.2. The third-order valence-corrected chi connectivity index (χ3v) is 1.09. The van der Waals surface area contributed by atoms with E-state index in [0.717, 1.165) is 0 Å². The number of hydrogen-bond acceptors (Lipinski definition) is 3. The van der Waals surface area contributed by atoms with Crippen molar-refractivity contribution >= 4 is 5.97 Å². The van der Waals surface area contributed by atoms with E-state index in [4.69, 9.17) is 5.26 Å². The van der Waals surface area contributed by atoms with Gasteiger partial charge in [0.25, 0.3) is 0 Å². The van der Waals surface area contributed by atoms with Gasteiger partial charge in [0.05, 0.1) is 5.56 Å². The molecule has 1 rings (SSSR count). The lowest BCUT2D eigenvalue weighted by Crippen LogP contribution is -2.00. The molecule has 0 saturated carbocycles. The van der Waals surface area contributed by atoms with Crippen LogP contribution in [0.25, 0.3) is 0 Å². The quantitative estimate of drug-likeness (QED) is 0.390. The second kappa shape index (κ2) is 19.1. The third-order valence-electron chi connectivity index (χ3n) is 1.09. The number of rotatable bonds is 1. The van der Waals surface area contributed by atoms with Gasteiger partial charge in [-0.2, -0.15) is 5.26 Å². The largest absolute Gasteiger partial charge is 0.412 e. The molecule has 0 fully saturated rings. The van der Waals surface area contributed by atoms with Gasteiger partial charge in [-0.1, -0.05) is 18.2 Å². The molecule has 0 radical (unpaired) electrons. The molecule has 0 aliphatic carbocycles. The summed E-state index contributed by atoms with van der Waals surface area (Å²) in [7, 11) is 0. The van der Waals surface area contributed by atoms with Gasteiger partial charge >= 0.3 is 5.97 Å². The molecule has 0 saturated heterocycles. The normalized spacial score (nSPS) is 5.56. The standard InChI is InChI=1S/C7H6O3.6H2O/c8-7(10-9)6-4-2-1-3-5-6;;;;;;/h1-5,9H;6*1H2. The molecule has 100 valence electrons. The Morgan fingerprint density at radius 3 is 1.56 bits per heavy atom. The van der Waals surface area contributed by atoms with E-state index in [1.54, 1.807) is 30.3 Å². The summed E-state index contributed by atoms with van der Waals surface area (Å²) >= 11 is 0. The highest BCUT2D eigenvalue weighted by Crippen LogP contribution is 1.98. The Kier molecular flexibility index (Phi) is 43.6. The van der Waals surface area contributed by atoms with E-state index < -0.39 is 5.97 Å². The summed E-state index contributed by atoms with van der Waals surface area (Å²) in [6.45, 7) is 0. The first-order valence-corrected chi connectivity index (χ1v) is 2.75. The molecule has 13 N–H and O–H groups in total. The van der Waals surface area contributed by atoms with E-state index >= 15 is 0 Å². The van der Waals surface area contributed by atoms with E-state index in [-0.39, 0.29) is 32.9 Å². The number of benzene rings is 1. The highest BCUT2D eigenvalue weighted by molar-refractivity contribution is 5.88. The zero-order valence-corrected chi connectivity index (χ0v) is 8.15. The lowest BCUT2D eigenvalue weighted by Gasteiger charge is -1.92. The Bertz CT molecular complexity index is 225. The van der Waals surface area contributed by atoms with Crippen LogP contribution in [0, 0.1) is 0 Å². The van der Waals surface area contributed by atoms with Crippen LogP contribution in [-0.2, 0) is 4.89 Å². The predicted molar refractivity (Wildman–Crippen MR) is 56.2 cm³/mol. The number of carbonyl (C=O) groups is 1. The van der Waals surface area contributed by atoms with Crippen molar-refractivity contribution in [1.82, 2.24) is 0 Å². The highest BCUT2D eigenvalue weighted by atomic mass is 17.1. The molecule has 1 aromatic rings. The molecule has 9 nitrogen and oxygen atoms in total. The minimum absolute atomic E-state index is 0. The molecule has 9 heteroatoms. The monoisotopic (exact) mass is 246 g/mol. The maximum absolute atomic E-state index is 10.5. The van der Waals surface area contributed by atoms with Gasteiger partial charge < -0.3 is 32.9 Å². The first-order valence-electron chi connectivity index (χ1n) is 2.75. The van der Waals surface area contributed by atoms with E-state index in [9.17, 15) is 4.79 Å². The van der Waals surface area contributed by atoms with Gasteiger partial charge in [-0.3, -0.25) is 4.89 Å². The summed E-state index contributed by atoms with van der Waals surface area (Å²) < 4.78 is 0. The van der Waals surface area contributed by atoms with E-state index in [1.165, 1.54) is 0 Å². The second-order valence-corrected chi connectivity index (χ2v) is 1.74. The maximum atomic E-state index is 10.5. The molecule has 1 aromatic carbocycles. The van der Waals surface area contributed by atoms with Gasteiger partial charge in [-0.25, -0.2) is 4.79 Å². The van der Waals surface area contributed by atoms with E-state index in [0.29, 0.717) is 5.56 Å². The van der Waals surface area contributed by atoms with Crippen LogP contribution in [0.15, 0.2) is 30.3 Å². The molecule has 0 spiro atoms. The van der Waals surface area contributed by atoms with Crippen molar-refractivity contribution in [2.75, 3.05) is 0 Å². The van der Waals surface area contributed by atoms with Crippen molar-refractivity contribution in [3.8, 4) is 0 Å². The molecule has 0 aromatic heterocycles. The Hall–Kier alpha value is -1.59. The molecule has 0 amide bonds. The highest BCUT2D eigenvalue weighted by Gasteiger charge is 2.02. The smallest absolute Gasteiger partial charge is 0.372 e. The maximum Gasteiger partial charge on any atom is 0.372 e. The van der Waals surface area contributed by atoms with Crippen LogP contribution in [-0.4, -0.2) is 44.1 Å². The minimum Gasteiger partial charge on any atom is -0.412 e. The van der Waals surface area contributed by atoms with Crippen molar-refractivity contribution in [3.63, 3.8) is 0 Å². The van der Waals surface area contributed by atoms with E-state index in [1.807, 2.05) is 0 Å². The van der Waals surface area contributed by atoms with E-state index in [2.05, 4.69) is 4.89 Å². The lowest BCUT2D eigenvalue weighted by molar-refractivity contribution is -0.182. The topological polar surface area (TPSA) is 236 Å². The fourth-order valence-electron chi connectivity index (χ4n) is 0.627. The number of carbonyl (C=O) groups excluding carboxylic acids is 1. The van der Waals surface area contributed by atoms with Crippen LogP contribution in [0.1, 0.15) is 10.4 Å². The average Bonchev–Trinajstić information content (AvgIpc) is 2.05. The Labute approximate surface area is 90.7 Å². The predicted octanol–water partition coefficient (Wildman–Crippen LogP) is -3.63. The fourth-order valence-corrected chi connectivity index (χ4v) is 0.627. The summed E-state index contributed by atoms with van der Waals surface area (Å²) in [4.78, 5) is 14.0. The molecule has 0 bridgehead atoms. The van der Waals surface area contributed by atoms with Crippen LogP contribution in [0.5, 0.6) is 0 Å². The summed E-state index contributed by atoms with van der Waals surface area (Å²) in [6, 6.07) is 8.25. The Balaban J connectivity index is -0.0000000417. The Morgan fingerprint density at radius 2 is 1.25 bits per heavy atom. The molecular weight excluding hydrogens is 228 g/mol. The van der Waals surface area contributed by atoms with Crippen molar-refractivity contribution in [2.45, 2.75) is 0 Å². The van der Waals surface area contributed by atoms with Crippen LogP contribution in [0.2, 0.25) is 0 Å². The zero-order chi connectivity index (χ0) is 7.40. The second-order valence-electron chi connectivity index (χ2n) is 1.74. The molecule has 0 atom stereocenters. The average molecular weight is 246 g/mol. The van der Waals surface area contributed by atoms with Gasteiger partial charge in [-0.15, -0.1) is 0 Å². The van der Waals surface area contributed by atoms with Gasteiger partial charge in [0, 0.05) is 0 Å². The van der Waals surface area contributed by atoms with Crippen molar-refractivity contribution < 1.29 is 47.8 Å². The third kappa shape index (κ3) is 10.5. The van der Waals surface area contributed by atoms with Crippen LogP contribution in [0.3, 0.4) is 0 Å². The van der Waals surface area contributed by atoms with Crippen LogP contribution in [0.4, 0.5) is 0 Å². The zero-order valence-electron chi connectivity index (χ0n) is 8.15. The Morgan fingerprint density at radius 1 is 0.875 bits per heavy atom. The van der Waals surface area contributed by atoms with Gasteiger partial charge in [-0.05, 0) is 12.1 Å². The SMILES string of the molecule is O.O.O.O.O.O.O=C(OO)c1ccccc1. The molecule has 0 aliphatic rings. The first kappa shape index (κ1) is 36.6. The van der Waals surface area contributed by atoms with Crippen LogP contribution >= 0.6 is 0 Å². The van der Waals surface area contributed by atoms with Crippen molar-refractivity contribution in [3.05, 3.63) is 35.9 Å². The van der Waals surface area contributed by atoms with Gasteiger partial charge in [0.1, 0.15) is 0 Å². The minimum atomic E-state index is -0.736.